The fraction of sp³-hybridized carbons (Fsp3) is 0.167. The molecule has 0 aromatic heterocycles. The zero-order valence-corrected chi connectivity index (χ0v) is 6.01. The van der Waals surface area contributed by atoms with Crippen LogP contribution in [0, 0.1) is 0 Å². The van der Waals surface area contributed by atoms with Crippen molar-refractivity contribution in [3.05, 3.63) is 24.4 Å². The van der Waals surface area contributed by atoms with Crippen LogP contribution in [0.3, 0.4) is 0 Å². The lowest BCUT2D eigenvalue weighted by Crippen LogP contribution is -2.43. The minimum absolute atomic E-state index is 1.00. The highest BCUT2D eigenvalue weighted by atomic mass is 32.1. The molecule has 1 aliphatic rings. The molecular formula is C6H7NO2S. The van der Waals surface area contributed by atoms with E-state index in [9.17, 15) is 4.79 Å². The molecule has 0 aliphatic carbocycles. The van der Waals surface area contributed by atoms with Gasteiger partial charge in [-0.1, -0.05) is 6.08 Å². The van der Waals surface area contributed by atoms with Crippen molar-refractivity contribution >= 4 is 18.6 Å². The number of thiol groups is 1. The number of hydrogen-bond acceptors (Lipinski definition) is 3. The molecule has 0 saturated heterocycles. The summed E-state index contributed by atoms with van der Waals surface area (Å²) in [6.45, 7) is 0. The monoisotopic (exact) mass is 157 g/mol. The third-order valence-electron chi connectivity index (χ3n) is 1.17. The van der Waals surface area contributed by atoms with Gasteiger partial charge in [0.1, 0.15) is 0 Å². The van der Waals surface area contributed by atoms with E-state index in [-0.39, 0.29) is 0 Å². The Kier molecular flexibility index (Phi) is 1.72. The highest BCUT2D eigenvalue weighted by Gasteiger charge is 2.30. The van der Waals surface area contributed by atoms with Crippen LogP contribution in [0.1, 0.15) is 0 Å². The Bertz CT molecular complexity index is 212. The number of carbonyl (C=O) groups is 1. The summed E-state index contributed by atoms with van der Waals surface area (Å²) in [4.78, 5) is 9.22. The number of carboxylic acids is 1. The Morgan fingerprint density at radius 2 is 2.30 bits per heavy atom. The average Bonchev–Trinajstić information content (AvgIpc) is 1.89. The van der Waals surface area contributed by atoms with Crippen molar-refractivity contribution in [1.82, 2.24) is 5.32 Å². The third kappa shape index (κ3) is 1.16. The van der Waals surface area contributed by atoms with Crippen LogP contribution >= 0.6 is 12.6 Å². The Morgan fingerprint density at radius 1 is 1.60 bits per heavy atom. The fourth-order valence-corrected chi connectivity index (χ4v) is 0.767. The predicted molar refractivity (Wildman–Crippen MR) is 40.8 cm³/mol. The molecule has 54 valence electrons. The smallest absolute Gasteiger partial charge is 0.343 e. The molecule has 0 bridgehead atoms. The van der Waals surface area contributed by atoms with Gasteiger partial charge in [-0.25, -0.2) is 4.79 Å². The van der Waals surface area contributed by atoms with Crippen molar-refractivity contribution in [3.8, 4) is 0 Å². The number of aliphatic carboxylic acids is 1. The van der Waals surface area contributed by atoms with Crippen LogP contribution in [-0.2, 0) is 4.79 Å². The Morgan fingerprint density at radius 3 is 2.60 bits per heavy atom. The predicted octanol–water partition coefficient (Wildman–Crippen LogP) is 0.370. The van der Waals surface area contributed by atoms with E-state index >= 15 is 0 Å². The van der Waals surface area contributed by atoms with E-state index in [0.29, 0.717) is 0 Å². The van der Waals surface area contributed by atoms with Crippen molar-refractivity contribution in [2.75, 3.05) is 0 Å². The third-order valence-corrected chi connectivity index (χ3v) is 1.64. The molecule has 0 radical (unpaired) electrons. The molecule has 3 nitrogen and oxygen atoms in total. The number of nitrogens with one attached hydrogen (secondary N) is 1. The molecule has 0 spiro atoms. The lowest BCUT2D eigenvalue weighted by Gasteiger charge is -2.21. The SMILES string of the molecule is O=C(O)C1(S)C=CC=CN1. The summed E-state index contributed by atoms with van der Waals surface area (Å²) in [5.74, 6) is -1.00. The summed E-state index contributed by atoms with van der Waals surface area (Å²) in [5, 5.41) is 11.2. The van der Waals surface area contributed by atoms with Crippen molar-refractivity contribution in [2.24, 2.45) is 0 Å². The van der Waals surface area contributed by atoms with Crippen molar-refractivity contribution < 1.29 is 9.90 Å². The Hall–Kier alpha value is -0.900. The van der Waals surface area contributed by atoms with Gasteiger partial charge < -0.3 is 10.4 Å². The van der Waals surface area contributed by atoms with Gasteiger partial charge in [-0.15, -0.1) is 12.6 Å². The molecule has 2 N–H and O–H groups in total. The fourth-order valence-electron chi connectivity index (χ4n) is 0.607. The van der Waals surface area contributed by atoms with Crippen LogP contribution in [0.15, 0.2) is 24.4 Å². The maximum Gasteiger partial charge on any atom is 0.343 e. The minimum atomic E-state index is -1.23. The molecule has 1 heterocycles. The van der Waals surface area contributed by atoms with Crippen LogP contribution < -0.4 is 5.32 Å². The quantitative estimate of drug-likeness (QED) is 0.482. The molecule has 1 aliphatic heterocycles. The first-order valence-electron chi connectivity index (χ1n) is 2.73. The number of allylic oxidation sites excluding steroid dienone is 2. The molecule has 1 atom stereocenters. The summed E-state index contributed by atoms with van der Waals surface area (Å²) >= 11 is 3.90. The van der Waals surface area contributed by atoms with Crippen molar-refractivity contribution in [3.63, 3.8) is 0 Å². The first kappa shape index (κ1) is 7.21. The summed E-state index contributed by atoms with van der Waals surface area (Å²) < 4.78 is 0. The van der Waals surface area contributed by atoms with Gasteiger partial charge in [-0.05, 0) is 18.4 Å². The second kappa shape index (κ2) is 2.38. The molecule has 1 unspecified atom stereocenters. The van der Waals surface area contributed by atoms with Gasteiger partial charge in [0, 0.05) is 0 Å². The lowest BCUT2D eigenvalue weighted by atomic mass is 10.2. The summed E-state index contributed by atoms with van der Waals surface area (Å²) in [7, 11) is 0. The number of hydrogen-bond donors (Lipinski definition) is 3. The van der Waals surface area contributed by atoms with Crippen LogP contribution in [0.25, 0.3) is 0 Å². The van der Waals surface area contributed by atoms with Gasteiger partial charge in [0.2, 0.25) is 0 Å². The molecule has 0 saturated carbocycles. The van der Waals surface area contributed by atoms with Gasteiger partial charge in [0.15, 0.2) is 4.87 Å². The standard InChI is InChI=1S/C6H7NO2S/c8-5(9)6(10)3-1-2-4-7-6/h1-4,7,10H,(H,8,9). The number of dihydropyridines is 1. The summed E-state index contributed by atoms with van der Waals surface area (Å²) in [5.41, 5.74) is 0. The second-order valence-electron chi connectivity index (χ2n) is 1.93. The normalized spacial score (nSPS) is 29.7. The first-order valence-corrected chi connectivity index (χ1v) is 3.18. The molecule has 1 rings (SSSR count). The van der Waals surface area contributed by atoms with Crippen LogP contribution in [0.4, 0.5) is 0 Å². The maximum absolute atomic E-state index is 10.5. The number of rotatable bonds is 1. The highest BCUT2D eigenvalue weighted by molar-refractivity contribution is 7.82. The van der Waals surface area contributed by atoms with Gasteiger partial charge in [-0.3, -0.25) is 0 Å². The van der Waals surface area contributed by atoms with Crippen molar-refractivity contribution in [2.45, 2.75) is 4.87 Å². The van der Waals surface area contributed by atoms with E-state index in [4.69, 9.17) is 5.11 Å². The van der Waals surface area contributed by atoms with Gasteiger partial charge in [-0.2, -0.15) is 0 Å². The highest BCUT2D eigenvalue weighted by Crippen LogP contribution is 2.15. The van der Waals surface area contributed by atoms with Gasteiger partial charge >= 0.3 is 5.97 Å². The summed E-state index contributed by atoms with van der Waals surface area (Å²) in [6.07, 6.45) is 6.36. The largest absolute Gasteiger partial charge is 0.479 e. The second-order valence-corrected chi connectivity index (χ2v) is 2.64. The van der Waals surface area contributed by atoms with Gasteiger partial charge in [0.25, 0.3) is 0 Å². The van der Waals surface area contributed by atoms with Crippen molar-refractivity contribution in [1.29, 1.82) is 0 Å². The van der Waals surface area contributed by atoms with E-state index in [1.165, 1.54) is 6.08 Å². The molecule has 0 aromatic rings. The van der Waals surface area contributed by atoms with Crippen LogP contribution in [0.5, 0.6) is 0 Å². The Balaban J connectivity index is 2.80. The topological polar surface area (TPSA) is 49.3 Å². The molecule has 4 heteroatoms. The average molecular weight is 157 g/mol. The van der Waals surface area contributed by atoms with E-state index in [1.807, 2.05) is 0 Å². The van der Waals surface area contributed by atoms with E-state index in [2.05, 4.69) is 17.9 Å². The molecule has 0 aromatic carbocycles. The zero-order valence-electron chi connectivity index (χ0n) is 5.11. The van der Waals surface area contributed by atoms with E-state index in [0.717, 1.165) is 0 Å². The van der Waals surface area contributed by atoms with E-state index in [1.54, 1.807) is 18.4 Å². The summed E-state index contributed by atoms with van der Waals surface area (Å²) in [6, 6.07) is 0. The van der Waals surface area contributed by atoms with Crippen LogP contribution in [0.2, 0.25) is 0 Å². The molecular weight excluding hydrogens is 150 g/mol. The molecule has 0 fully saturated rings. The van der Waals surface area contributed by atoms with E-state index < -0.39 is 10.8 Å². The van der Waals surface area contributed by atoms with Gasteiger partial charge in [0.05, 0.1) is 0 Å². The Labute approximate surface area is 63.8 Å². The molecule has 10 heavy (non-hydrogen) atoms. The van der Waals surface area contributed by atoms with Crippen LogP contribution in [-0.4, -0.2) is 15.9 Å². The lowest BCUT2D eigenvalue weighted by molar-refractivity contribution is -0.139. The minimum Gasteiger partial charge on any atom is -0.479 e. The zero-order chi connectivity index (χ0) is 7.61. The molecule has 0 amide bonds. The first-order chi connectivity index (χ1) is 4.65. The number of carboxylic acid groups (broad SMARTS) is 1. The maximum atomic E-state index is 10.5.